The van der Waals surface area contributed by atoms with Gasteiger partial charge in [-0.3, -0.25) is 5.43 Å². The fourth-order valence-corrected chi connectivity index (χ4v) is 1.54. The van der Waals surface area contributed by atoms with Gasteiger partial charge in [0, 0.05) is 11.6 Å². The first kappa shape index (κ1) is 14.0. The number of hydrazone groups is 1. The average Bonchev–Trinajstić information content (AvgIpc) is 2.42. The number of para-hydroxylation sites is 1. The second-order valence-corrected chi connectivity index (χ2v) is 4.27. The third kappa shape index (κ3) is 4.03. The molecule has 20 heavy (non-hydrogen) atoms. The first-order valence-electron chi connectivity index (χ1n) is 5.76. The number of ether oxygens (including phenoxy) is 1. The Morgan fingerprint density at radius 3 is 2.70 bits per heavy atom. The van der Waals surface area contributed by atoms with E-state index in [1.54, 1.807) is 18.2 Å². The molecule has 3 N–H and O–H groups in total. The van der Waals surface area contributed by atoms with Crippen molar-refractivity contribution in [3.63, 3.8) is 0 Å². The van der Waals surface area contributed by atoms with Crippen LogP contribution in [0.5, 0.6) is 11.5 Å². The molecule has 0 aliphatic rings. The number of hydrogen-bond acceptors (Lipinski definition) is 3. The highest BCUT2D eigenvalue weighted by molar-refractivity contribution is 7.80. The van der Waals surface area contributed by atoms with Gasteiger partial charge >= 0.3 is 0 Å². The zero-order valence-electron chi connectivity index (χ0n) is 10.4. The Morgan fingerprint density at radius 2 is 2.00 bits per heavy atom. The number of rotatable bonds is 4. The number of halogens is 1. The number of nitrogens with zero attached hydrogens (tertiary/aromatic N) is 1. The third-order valence-corrected chi connectivity index (χ3v) is 2.42. The van der Waals surface area contributed by atoms with Gasteiger partial charge in [0.05, 0.1) is 6.21 Å². The van der Waals surface area contributed by atoms with Gasteiger partial charge in [-0.1, -0.05) is 18.2 Å². The van der Waals surface area contributed by atoms with E-state index < -0.39 is 5.82 Å². The summed E-state index contributed by atoms with van der Waals surface area (Å²) in [7, 11) is 0. The Bertz CT molecular complexity index is 632. The van der Waals surface area contributed by atoms with E-state index in [1.807, 2.05) is 18.2 Å². The van der Waals surface area contributed by atoms with Crippen molar-refractivity contribution in [2.24, 2.45) is 10.8 Å². The molecular formula is C14H12FN3OS. The van der Waals surface area contributed by atoms with Crippen LogP contribution >= 0.6 is 12.2 Å². The topological polar surface area (TPSA) is 59.6 Å². The van der Waals surface area contributed by atoms with Crippen LogP contribution < -0.4 is 15.9 Å². The van der Waals surface area contributed by atoms with E-state index in [0.29, 0.717) is 17.1 Å². The maximum atomic E-state index is 13.3. The summed E-state index contributed by atoms with van der Waals surface area (Å²) in [6, 6.07) is 13.2. The second kappa shape index (κ2) is 6.63. The van der Waals surface area contributed by atoms with Crippen LogP contribution in [0.4, 0.5) is 4.39 Å². The van der Waals surface area contributed by atoms with Crippen LogP contribution in [-0.2, 0) is 0 Å². The number of benzene rings is 2. The largest absolute Gasteiger partial charge is 0.457 e. The van der Waals surface area contributed by atoms with Gasteiger partial charge in [0.1, 0.15) is 17.3 Å². The van der Waals surface area contributed by atoms with E-state index >= 15 is 0 Å². The maximum Gasteiger partial charge on any atom is 0.184 e. The Balaban J connectivity index is 2.24. The first-order chi connectivity index (χ1) is 9.65. The van der Waals surface area contributed by atoms with Crippen LogP contribution in [0.1, 0.15) is 5.56 Å². The number of thiocarbonyl (C=S) groups is 1. The van der Waals surface area contributed by atoms with Crippen LogP contribution in [0.15, 0.2) is 53.6 Å². The second-order valence-electron chi connectivity index (χ2n) is 3.83. The SMILES string of the molecule is NC(=S)NN=Cc1ccc(F)cc1Oc1ccccc1. The lowest BCUT2D eigenvalue weighted by Crippen LogP contribution is -2.24. The highest BCUT2D eigenvalue weighted by Crippen LogP contribution is 2.25. The van der Waals surface area contributed by atoms with Crippen LogP contribution in [0, 0.1) is 5.82 Å². The first-order valence-corrected chi connectivity index (χ1v) is 6.17. The van der Waals surface area contributed by atoms with E-state index in [0.717, 1.165) is 0 Å². The zero-order valence-corrected chi connectivity index (χ0v) is 11.2. The van der Waals surface area contributed by atoms with Crippen LogP contribution in [0.25, 0.3) is 0 Å². The predicted molar refractivity (Wildman–Crippen MR) is 80.4 cm³/mol. The summed E-state index contributed by atoms with van der Waals surface area (Å²) in [4.78, 5) is 0. The number of hydrogen-bond donors (Lipinski definition) is 2. The van der Waals surface area contributed by atoms with Crippen molar-refractivity contribution in [1.29, 1.82) is 0 Å². The van der Waals surface area contributed by atoms with Crippen LogP contribution in [0.2, 0.25) is 0 Å². The van der Waals surface area contributed by atoms with E-state index in [2.05, 4.69) is 22.7 Å². The Kier molecular flexibility index (Phi) is 4.62. The molecule has 2 rings (SSSR count). The highest BCUT2D eigenvalue weighted by Gasteiger charge is 2.05. The maximum absolute atomic E-state index is 13.3. The molecule has 0 amide bonds. The smallest absolute Gasteiger partial charge is 0.184 e. The molecule has 2 aromatic carbocycles. The molecule has 4 nitrogen and oxygen atoms in total. The van der Waals surface area contributed by atoms with E-state index in [-0.39, 0.29) is 5.11 Å². The average molecular weight is 289 g/mol. The van der Waals surface area contributed by atoms with E-state index in [1.165, 1.54) is 18.3 Å². The molecular weight excluding hydrogens is 277 g/mol. The summed E-state index contributed by atoms with van der Waals surface area (Å²) in [6.45, 7) is 0. The van der Waals surface area contributed by atoms with Gasteiger partial charge in [0.25, 0.3) is 0 Å². The molecule has 0 unspecified atom stereocenters. The van der Waals surface area contributed by atoms with Gasteiger partial charge in [-0.2, -0.15) is 5.10 Å². The van der Waals surface area contributed by atoms with Crippen molar-refractivity contribution >= 4 is 23.5 Å². The summed E-state index contributed by atoms with van der Waals surface area (Å²) in [5.74, 6) is 0.565. The monoisotopic (exact) mass is 289 g/mol. The van der Waals surface area contributed by atoms with Crippen molar-refractivity contribution in [3.05, 3.63) is 59.9 Å². The van der Waals surface area contributed by atoms with E-state index in [9.17, 15) is 4.39 Å². The van der Waals surface area contributed by atoms with Crippen molar-refractivity contribution < 1.29 is 9.13 Å². The minimum Gasteiger partial charge on any atom is -0.457 e. The van der Waals surface area contributed by atoms with Gasteiger partial charge in [0.2, 0.25) is 0 Å². The van der Waals surface area contributed by atoms with Crippen molar-refractivity contribution in [2.45, 2.75) is 0 Å². The molecule has 0 aliphatic heterocycles. The molecule has 0 radical (unpaired) electrons. The molecule has 6 heteroatoms. The highest BCUT2D eigenvalue weighted by atomic mass is 32.1. The minimum atomic E-state index is -0.393. The molecule has 0 atom stereocenters. The molecule has 0 fully saturated rings. The molecule has 0 saturated carbocycles. The summed E-state index contributed by atoms with van der Waals surface area (Å²) in [5, 5.41) is 3.88. The molecule has 0 heterocycles. The Morgan fingerprint density at radius 1 is 1.25 bits per heavy atom. The third-order valence-electron chi connectivity index (χ3n) is 2.33. The van der Waals surface area contributed by atoms with Crippen molar-refractivity contribution in [2.75, 3.05) is 0 Å². The predicted octanol–water partition coefficient (Wildman–Crippen LogP) is 2.79. The molecule has 0 aliphatic carbocycles. The molecule has 0 spiro atoms. The standard InChI is InChI=1S/C14H12FN3OS/c15-11-7-6-10(9-17-18-14(16)20)13(8-11)19-12-4-2-1-3-5-12/h1-9H,(H3,16,18,20). The van der Waals surface area contributed by atoms with Gasteiger partial charge in [-0.25, -0.2) is 4.39 Å². The van der Waals surface area contributed by atoms with Gasteiger partial charge in [0.15, 0.2) is 5.11 Å². The number of nitrogens with two attached hydrogens (primary N) is 1. The minimum absolute atomic E-state index is 0.0499. The molecule has 102 valence electrons. The van der Waals surface area contributed by atoms with Gasteiger partial charge in [-0.15, -0.1) is 0 Å². The molecule has 2 aromatic rings. The zero-order chi connectivity index (χ0) is 14.4. The lowest BCUT2D eigenvalue weighted by atomic mass is 10.2. The number of nitrogens with one attached hydrogen (secondary N) is 1. The summed E-state index contributed by atoms with van der Waals surface area (Å²) in [5.41, 5.74) is 8.28. The fraction of sp³-hybridized carbons (Fsp3) is 0. The molecule has 0 aromatic heterocycles. The Labute approximate surface area is 121 Å². The van der Waals surface area contributed by atoms with Gasteiger partial charge < -0.3 is 10.5 Å². The lowest BCUT2D eigenvalue weighted by Gasteiger charge is -2.08. The Hall–Kier alpha value is -2.47. The van der Waals surface area contributed by atoms with Crippen LogP contribution in [0.3, 0.4) is 0 Å². The van der Waals surface area contributed by atoms with Gasteiger partial charge in [-0.05, 0) is 36.5 Å². The molecule has 0 saturated heterocycles. The quantitative estimate of drug-likeness (QED) is 0.516. The normalized spacial score (nSPS) is 10.4. The van der Waals surface area contributed by atoms with Crippen LogP contribution in [-0.4, -0.2) is 11.3 Å². The lowest BCUT2D eigenvalue weighted by molar-refractivity contribution is 0.476. The molecule has 0 bridgehead atoms. The summed E-state index contributed by atoms with van der Waals surface area (Å²) >= 11 is 4.63. The van der Waals surface area contributed by atoms with E-state index in [4.69, 9.17) is 10.5 Å². The fourth-order valence-electron chi connectivity index (χ4n) is 1.48. The summed E-state index contributed by atoms with van der Waals surface area (Å²) < 4.78 is 18.9. The van der Waals surface area contributed by atoms with Crippen molar-refractivity contribution in [3.8, 4) is 11.5 Å². The summed E-state index contributed by atoms with van der Waals surface area (Å²) in [6.07, 6.45) is 1.46. The van der Waals surface area contributed by atoms with Crippen molar-refractivity contribution in [1.82, 2.24) is 5.43 Å².